The second-order valence-electron chi connectivity index (χ2n) is 8.57. The van der Waals surface area contributed by atoms with E-state index in [1.165, 1.54) is 0 Å². The van der Waals surface area contributed by atoms with E-state index < -0.39 is 0 Å². The van der Waals surface area contributed by atoms with Gasteiger partial charge >= 0.3 is 0 Å². The fraction of sp³-hybridized carbons (Fsp3) is 0.500. The number of pyridine rings is 1. The molecule has 0 saturated heterocycles. The van der Waals surface area contributed by atoms with Crippen LogP contribution in [0.5, 0.6) is 11.6 Å². The third kappa shape index (κ3) is 4.65. The number of fused-ring (bicyclic) bond motifs is 3. The van der Waals surface area contributed by atoms with Crippen LogP contribution in [0.4, 0.5) is 0 Å². The highest BCUT2D eigenvalue weighted by Gasteiger charge is 2.37. The Morgan fingerprint density at radius 2 is 2.09 bits per heavy atom. The predicted octanol–water partition coefficient (Wildman–Crippen LogP) is 3.90. The Balaban J connectivity index is 1.77. The Morgan fingerprint density at radius 3 is 2.73 bits per heavy atom. The number of methoxy groups -OCH3 is 2. The normalized spacial score (nSPS) is 17.6. The Kier molecular flexibility index (Phi) is 7.09. The van der Waals surface area contributed by atoms with Crippen molar-refractivity contribution in [3.05, 3.63) is 39.1 Å². The first kappa shape index (κ1) is 23.4. The number of carbonyl (C=O) groups excluding carboxylic acids is 1. The molecule has 0 aromatic carbocycles. The lowest BCUT2D eigenvalue weighted by molar-refractivity contribution is -0.105. The first-order valence-electron chi connectivity index (χ1n) is 11.1. The van der Waals surface area contributed by atoms with Gasteiger partial charge in [-0.1, -0.05) is 25.2 Å². The molecule has 0 spiro atoms. The summed E-state index contributed by atoms with van der Waals surface area (Å²) < 4.78 is 16.6. The van der Waals surface area contributed by atoms with Crippen LogP contribution in [-0.2, 0) is 16.0 Å². The minimum absolute atomic E-state index is 0.170. The van der Waals surface area contributed by atoms with Gasteiger partial charge in [0.1, 0.15) is 16.3 Å². The lowest BCUT2D eigenvalue weighted by atomic mass is 9.85. The van der Waals surface area contributed by atoms with Crippen LogP contribution in [0.25, 0.3) is 11.3 Å². The van der Waals surface area contributed by atoms with Crippen molar-refractivity contribution in [3.8, 4) is 11.6 Å². The van der Waals surface area contributed by atoms with E-state index in [0.717, 1.165) is 51.7 Å². The van der Waals surface area contributed by atoms with Crippen molar-refractivity contribution >= 4 is 28.9 Å². The molecule has 33 heavy (non-hydrogen) atoms. The molecule has 0 radical (unpaired) electrons. The highest BCUT2D eigenvalue weighted by Crippen LogP contribution is 2.44. The van der Waals surface area contributed by atoms with Gasteiger partial charge in [-0.25, -0.2) is 4.98 Å². The van der Waals surface area contributed by atoms with Gasteiger partial charge in [0, 0.05) is 49.9 Å². The fourth-order valence-corrected chi connectivity index (χ4v) is 5.02. The van der Waals surface area contributed by atoms with Gasteiger partial charge in [0.25, 0.3) is 5.88 Å². The van der Waals surface area contributed by atoms with Gasteiger partial charge in [0.05, 0.1) is 25.1 Å². The Labute approximate surface area is 198 Å². The SMILES string of the molecule is COCCCOc1cc2c(nc1OC)C1=C(C=O)CC(c3nnc(C)s3)=CN1[C@H](C(C)C)C2. The van der Waals surface area contributed by atoms with Gasteiger partial charge in [0.2, 0.25) is 0 Å². The van der Waals surface area contributed by atoms with Gasteiger partial charge in [-0.2, -0.15) is 0 Å². The van der Waals surface area contributed by atoms with Crippen LogP contribution in [0, 0.1) is 12.8 Å². The average Bonchev–Trinajstić information content (AvgIpc) is 3.26. The third-order valence-electron chi connectivity index (χ3n) is 5.94. The number of ether oxygens (including phenoxy) is 3. The molecule has 4 heterocycles. The summed E-state index contributed by atoms with van der Waals surface area (Å²) in [7, 11) is 3.26. The quantitative estimate of drug-likeness (QED) is 0.403. The number of aldehydes is 1. The zero-order valence-electron chi connectivity index (χ0n) is 19.8. The number of aromatic nitrogens is 3. The number of hydrogen-bond donors (Lipinski definition) is 0. The van der Waals surface area contributed by atoms with E-state index in [-0.39, 0.29) is 6.04 Å². The maximum atomic E-state index is 12.3. The molecule has 1 atom stereocenters. The van der Waals surface area contributed by atoms with Crippen molar-refractivity contribution in [2.75, 3.05) is 27.4 Å². The summed E-state index contributed by atoms with van der Waals surface area (Å²) in [5.41, 5.74) is 4.38. The minimum atomic E-state index is 0.170. The monoisotopic (exact) mass is 470 g/mol. The second-order valence-corrected chi connectivity index (χ2v) is 9.75. The molecular weight excluding hydrogens is 440 g/mol. The molecule has 176 valence electrons. The second kappa shape index (κ2) is 10.0. The van der Waals surface area contributed by atoms with E-state index in [1.807, 2.05) is 13.0 Å². The molecule has 4 rings (SSSR count). The smallest absolute Gasteiger partial charge is 0.257 e. The standard InChI is InChI=1S/C24H30N4O4S/c1-14(2)19-10-16-11-20(32-8-6-7-30-4)23(31-5)25-21(16)22-18(13-29)9-17(12-28(19)22)24-27-26-15(3)33-24/h11-14,19H,6-10H2,1-5H3/t19-/m0/s1. The van der Waals surface area contributed by atoms with E-state index in [4.69, 9.17) is 19.2 Å². The summed E-state index contributed by atoms with van der Waals surface area (Å²) in [6, 6.07) is 2.19. The van der Waals surface area contributed by atoms with E-state index in [0.29, 0.717) is 42.8 Å². The number of carbonyl (C=O) groups is 1. The predicted molar refractivity (Wildman–Crippen MR) is 127 cm³/mol. The molecule has 0 fully saturated rings. The zero-order chi connectivity index (χ0) is 23.5. The molecule has 0 N–H and O–H groups in total. The summed E-state index contributed by atoms with van der Waals surface area (Å²) in [4.78, 5) is 19.3. The van der Waals surface area contributed by atoms with E-state index in [2.05, 4.69) is 35.1 Å². The molecule has 0 saturated carbocycles. The van der Waals surface area contributed by atoms with Crippen LogP contribution in [-0.4, -0.2) is 59.8 Å². The van der Waals surface area contributed by atoms with Crippen LogP contribution in [0.15, 0.2) is 17.8 Å². The lowest BCUT2D eigenvalue weighted by Gasteiger charge is -2.43. The molecular formula is C24H30N4O4S. The van der Waals surface area contributed by atoms with Crippen LogP contribution >= 0.6 is 11.3 Å². The van der Waals surface area contributed by atoms with E-state index in [1.54, 1.807) is 25.6 Å². The summed E-state index contributed by atoms with van der Waals surface area (Å²) >= 11 is 1.54. The van der Waals surface area contributed by atoms with Crippen LogP contribution in [0.1, 0.15) is 48.0 Å². The van der Waals surface area contributed by atoms with Gasteiger partial charge in [-0.15, -0.1) is 10.2 Å². The summed E-state index contributed by atoms with van der Waals surface area (Å²) in [6.45, 7) is 7.48. The summed E-state index contributed by atoms with van der Waals surface area (Å²) in [6.07, 6.45) is 5.12. The van der Waals surface area contributed by atoms with Gasteiger partial charge in [-0.05, 0) is 30.9 Å². The van der Waals surface area contributed by atoms with Gasteiger partial charge in [-0.3, -0.25) is 4.79 Å². The van der Waals surface area contributed by atoms with Crippen molar-refractivity contribution < 1.29 is 19.0 Å². The Bertz CT molecular complexity index is 1090. The largest absolute Gasteiger partial charge is 0.488 e. The molecule has 0 unspecified atom stereocenters. The molecule has 9 heteroatoms. The highest BCUT2D eigenvalue weighted by atomic mass is 32.1. The molecule has 2 aromatic heterocycles. The molecule has 0 amide bonds. The van der Waals surface area contributed by atoms with E-state index >= 15 is 0 Å². The van der Waals surface area contributed by atoms with E-state index in [9.17, 15) is 4.79 Å². The number of nitrogens with zero attached hydrogens (tertiary/aromatic N) is 4. The maximum Gasteiger partial charge on any atom is 0.257 e. The molecule has 2 aliphatic heterocycles. The summed E-state index contributed by atoms with van der Waals surface area (Å²) in [5.74, 6) is 1.38. The highest BCUT2D eigenvalue weighted by molar-refractivity contribution is 7.12. The molecule has 2 aromatic rings. The number of aryl methyl sites for hydroxylation is 1. The fourth-order valence-electron chi connectivity index (χ4n) is 4.32. The van der Waals surface area contributed by atoms with Crippen molar-refractivity contribution in [2.45, 2.75) is 46.1 Å². The van der Waals surface area contributed by atoms with Crippen molar-refractivity contribution in [1.29, 1.82) is 0 Å². The molecule has 2 aliphatic rings. The minimum Gasteiger partial charge on any atom is -0.488 e. The van der Waals surface area contributed by atoms with Crippen molar-refractivity contribution in [3.63, 3.8) is 0 Å². The van der Waals surface area contributed by atoms with Crippen molar-refractivity contribution in [1.82, 2.24) is 20.1 Å². The number of hydrogen-bond acceptors (Lipinski definition) is 9. The lowest BCUT2D eigenvalue weighted by Crippen LogP contribution is -2.42. The molecule has 0 bridgehead atoms. The van der Waals surface area contributed by atoms with Crippen LogP contribution < -0.4 is 9.47 Å². The van der Waals surface area contributed by atoms with Crippen LogP contribution in [0.2, 0.25) is 0 Å². The first-order valence-corrected chi connectivity index (χ1v) is 12.0. The van der Waals surface area contributed by atoms with Crippen LogP contribution in [0.3, 0.4) is 0 Å². The average molecular weight is 471 g/mol. The summed E-state index contributed by atoms with van der Waals surface area (Å²) in [5, 5.41) is 10.2. The van der Waals surface area contributed by atoms with Gasteiger partial charge in [0.15, 0.2) is 5.75 Å². The number of allylic oxidation sites excluding steroid dienone is 2. The van der Waals surface area contributed by atoms with Crippen molar-refractivity contribution in [2.24, 2.45) is 5.92 Å². The Hall–Kier alpha value is -2.78. The van der Waals surface area contributed by atoms with Gasteiger partial charge < -0.3 is 19.1 Å². The molecule has 0 aliphatic carbocycles. The molecule has 8 nitrogen and oxygen atoms in total. The topological polar surface area (TPSA) is 86.7 Å². The maximum absolute atomic E-state index is 12.3. The Morgan fingerprint density at radius 1 is 1.27 bits per heavy atom. The third-order valence-corrected chi connectivity index (χ3v) is 6.85. The first-order chi connectivity index (χ1) is 16.0. The number of rotatable bonds is 9. The zero-order valence-corrected chi connectivity index (χ0v) is 20.6.